The number of ether oxygens (including phenoxy) is 2. The van der Waals surface area contributed by atoms with E-state index >= 15 is 0 Å². The molecule has 7 heteroatoms. The molecule has 0 saturated carbocycles. The number of hydrogen-bond acceptors (Lipinski definition) is 6. The van der Waals surface area contributed by atoms with E-state index in [0.717, 1.165) is 17.3 Å². The first kappa shape index (κ1) is 27.8. The van der Waals surface area contributed by atoms with E-state index < -0.39 is 17.9 Å². The summed E-state index contributed by atoms with van der Waals surface area (Å²) in [6.45, 7) is 0. The fraction of sp³-hybridized carbons (Fsp3) is 0.333. The topological polar surface area (TPSA) is 100 Å². The summed E-state index contributed by atoms with van der Waals surface area (Å²) in [5, 5.41) is 17.6. The van der Waals surface area contributed by atoms with E-state index in [1.165, 1.54) is 19.8 Å². The van der Waals surface area contributed by atoms with Crippen molar-refractivity contribution in [3.63, 3.8) is 0 Å². The van der Waals surface area contributed by atoms with Crippen LogP contribution in [0.2, 0.25) is 0 Å². The molecule has 0 heterocycles. The SMILES string of the molecule is BrCCc1ccccc1.COC(=O)C(C#N)CCc1ccccc1.COC(=O)CC#N. The minimum absolute atomic E-state index is 0.156. The van der Waals surface area contributed by atoms with Gasteiger partial charge in [0.15, 0.2) is 0 Å². The third-order valence-electron chi connectivity index (χ3n) is 3.88. The summed E-state index contributed by atoms with van der Waals surface area (Å²) in [5.74, 6) is -1.59. The Morgan fingerprint density at radius 3 is 1.77 bits per heavy atom. The van der Waals surface area contributed by atoms with Gasteiger partial charge in [-0.2, -0.15) is 10.5 Å². The van der Waals surface area contributed by atoms with Crippen LogP contribution >= 0.6 is 15.9 Å². The van der Waals surface area contributed by atoms with Crippen LogP contribution in [0.4, 0.5) is 0 Å². The predicted molar refractivity (Wildman–Crippen MR) is 122 cm³/mol. The fourth-order valence-corrected chi connectivity index (χ4v) is 2.68. The number of carbonyl (C=O) groups excluding carboxylic acids is 2. The molecule has 0 aliphatic carbocycles. The number of carbonyl (C=O) groups is 2. The number of nitriles is 2. The molecule has 0 saturated heterocycles. The van der Waals surface area contributed by atoms with Crippen molar-refractivity contribution >= 4 is 27.9 Å². The summed E-state index contributed by atoms with van der Waals surface area (Å²) in [5.41, 5.74) is 2.52. The molecule has 0 amide bonds. The van der Waals surface area contributed by atoms with Crippen molar-refractivity contribution in [2.75, 3.05) is 19.5 Å². The number of methoxy groups -OCH3 is 2. The highest BCUT2D eigenvalue weighted by Crippen LogP contribution is 2.10. The van der Waals surface area contributed by atoms with Crippen molar-refractivity contribution in [3.05, 3.63) is 71.8 Å². The molecule has 6 nitrogen and oxygen atoms in total. The molecule has 31 heavy (non-hydrogen) atoms. The highest BCUT2D eigenvalue weighted by molar-refractivity contribution is 9.09. The van der Waals surface area contributed by atoms with Gasteiger partial charge in [0.25, 0.3) is 0 Å². The second-order valence-corrected chi connectivity index (χ2v) is 6.86. The van der Waals surface area contributed by atoms with Crippen LogP contribution < -0.4 is 0 Å². The van der Waals surface area contributed by atoms with Crippen LogP contribution in [-0.4, -0.2) is 31.5 Å². The van der Waals surface area contributed by atoms with Gasteiger partial charge in [-0.25, -0.2) is 0 Å². The van der Waals surface area contributed by atoms with E-state index in [0.29, 0.717) is 12.8 Å². The summed E-state index contributed by atoms with van der Waals surface area (Å²) in [4.78, 5) is 21.1. The van der Waals surface area contributed by atoms with E-state index in [9.17, 15) is 9.59 Å². The molecule has 2 rings (SSSR count). The molecule has 1 unspecified atom stereocenters. The molecule has 0 spiro atoms. The molecule has 2 aromatic carbocycles. The van der Waals surface area contributed by atoms with Crippen LogP contribution in [0.15, 0.2) is 60.7 Å². The monoisotopic (exact) mass is 486 g/mol. The van der Waals surface area contributed by atoms with E-state index in [1.807, 2.05) is 42.5 Å². The molecular weight excluding hydrogens is 460 g/mol. The number of halogens is 1. The Balaban J connectivity index is 0.000000479. The Morgan fingerprint density at radius 2 is 1.42 bits per heavy atom. The molecule has 1 atom stereocenters. The highest BCUT2D eigenvalue weighted by atomic mass is 79.9. The van der Waals surface area contributed by atoms with Crippen LogP contribution in [0.25, 0.3) is 0 Å². The first-order chi connectivity index (χ1) is 15.0. The van der Waals surface area contributed by atoms with Crippen molar-refractivity contribution < 1.29 is 19.1 Å². The zero-order valence-electron chi connectivity index (χ0n) is 17.8. The number of esters is 2. The first-order valence-corrected chi connectivity index (χ1v) is 10.7. The molecule has 0 aliphatic rings. The normalized spacial score (nSPS) is 9.84. The predicted octanol–water partition coefficient (Wildman–Crippen LogP) is 4.63. The van der Waals surface area contributed by atoms with E-state index in [2.05, 4.69) is 49.7 Å². The lowest BCUT2D eigenvalue weighted by atomic mass is 10.0. The molecule has 0 aliphatic heterocycles. The lowest BCUT2D eigenvalue weighted by Crippen LogP contribution is -2.15. The van der Waals surface area contributed by atoms with Gasteiger partial charge in [0.05, 0.1) is 26.4 Å². The van der Waals surface area contributed by atoms with Crippen molar-refractivity contribution in [1.82, 2.24) is 0 Å². The van der Waals surface area contributed by atoms with E-state index in [-0.39, 0.29) is 6.42 Å². The molecular formula is C24H27BrN2O4. The number of benzene rings is 2. The van der Waals surface area contributed by atoms with Gasteiger partial charge in [-0.3, -0.25) is 9.59 Å². The van der Waals surface area contributed by atoms with Gasteiger partial charge in [0.2, 0.25) is 0 Å². The second kappa shape index (κ2) is 18.8. The summed E-state index contributed by atoms with van der Waals surface area (Å²) in [7, 11) is 2.55. The molecule has 0 radical (unpaired) electrons. The zero-order valence-corrected chi connectivity index (χ0v) is 19.4. The average molecular weight is 487 g/mol. The van der Waals surface area contributed by atoms with E-state index in [1.54, 1.807) is 6.07 Å². The number of hydrogen-bond donors (Lipinski definition) is 0. The van der Waals surface area contributed by atoms with Gasteiger partial charge in [-0.1, -0.05) is 76.6 Å². The van der Waals surface area contributed by atoms with Gasteiger partial charge in [0.1, 0.15) is 12.3 Å². The first-order valence-electron chi connectivity index (χ1n) is 9.57. The van der Waals surface area contributed by atoms with Gasteiger partial charge < -0.3 is 9.47 Å². The fourth-order valence-electron chi connectivity index (χ4n) is 2.22. The Bertz CT molecular complexity index is 830. The third kappa shape index (κ3) is 14.5. The number of rotatable bonds is 7. The van der Waals surface area contributed by atoms with E-state index in [4.69, 9.17) is 10.5 Å². The van der Waals surface area contributed by atoms with Crippen LogP contribution in [0.5, 0.6) is 0 Å². The highest BCUT2D eigenvalue weighted by Gasteiger charge is 2.17. The zero-order chi connectivity index (χ0) is 23.3. The summed E-state index contributed by atoms with van der Waals surface area (Å²) in [6, 6.07) is 23.8. The standard InChI is InChI=1S/C12H13NO2.C8H9Br.C4H5NO2/c1-15-12(14)11(9-13)8-7-10-5-3-2-4-6-10;9-7-6-8-4-2-1-3-5-8;1-7-4(6)2-3-5/h2-6,11H,7-8H2,1H3;1-5H,6-7H2;2H2,1H3. The molecule has 2 aromatic rings. The number of alkyl halides is 1. The third-order valence-corrected chi connectivity index (χ3v) is 4.28. The molecule has 0 aromatic heterocycles. The number of aryl methyl sites for hydroxylation is 2. The number of nitrogens with zero attached hydrogens (tertiary/aromatic N) is 2. The lowest BCUT2D eigenvalue weighted by Gasteiger charge is -2.06. The van der Waals surface area contributed by atoms with Crippen molar-refractivity contribution in [3.8, 4) is 12.1 Å². The smallest absolute Gasteiger partial charge is 0.323 e. The maximum absolute atomic E-state index is 11.1. The van der Waals surface area contributed by atoms with Crippen LogP contribution in [0.1, 0.15) is 24.0 Å². The lowest BCUT2D eigenvalue weighted by molar-refractivity contribution is -0.143. The van der Waals surface area contributed by atoms with Gasteiger partial charge in [-0.15, -0.1) is 0 Å². The van der Waals surface area contributed by atoms with Gasteiger partial charge in [0, 0.05) is 5.33 Å². The minimum Gasteiger partial charge on any atom is -0.468 e. The second-order valence-electron chi connectivity index (χ2n) is 6.06. The molecule has 164 valence electrons. The maximum atomic E-state index is 11.1. The minimum atomic E-state index is -0.657. The van der Waals surface area contributed by atoms with Crippen molar-refractivity contribution in [2.24, 2.45) is 5.92 Å². The molecule has 0 fully saturated rings. The summed E-state index contributed by atoms with van der Waals surface area (Å²) >= 11 is 3.39. The molecule has 0 N–H and O–H groups in total. The average Bonchev–Trinajstić information content (AvgIpc) is 2.82. The Labute approximate surface area is 192 Å². The van der Waals surface area contributed by atoms with Crippen LogP contribution in [0.3, 0.4) is 0 Å². The Hall–Kier alpha value is -3.16. The van der Waals surface area contributed by atoms with Gasteiger partial charge in [-0.05, 0) is 30.4 Å². The van der Waals surface area contributed by atoms with Crippen LogP contribution in [-0.2, 0) is 31.9 Å². The quantitative estimate of drug-likeness (QED) is 0.417. The molecule has 0 bridgehead atoms. The maximum Gasteiger partial charge on any atom is 0.323 e. The van der Waals surface area contributed by atoms with Gasteiger partial charge >= 0.3 is 11.9 Å². The Kier molecular flexibility index (Phi) is 16.9. The van der Waals surface area contributed by atoms with Crippen molar-refractivity contribution in [1.29, 1.82) is 10.5 Å². The van der Waals surface area contributed by atoms with Crippen LogP contribution in [0, 0.1) is 28.6 Å². The largest absolute Gasteiger partial charge is 0.468 e. The summed E-state index contributed by atoms with van der Waals surface area (Å²) in [6.07, 6.45) is 2.19. The summed E-state index contributed by atoms with van der Waals surface area (Å²) < 4.78 is 8.66. The Morgan fingerprint density at radius 1 is 0.903 bits per heavy atom. The van der Waals surface area contributed by atoms with Crippen molar-refractivity contribution in [2.45, 2.75) is 25.7 Å².